The van der Waals surface area contributed by atoms with Crippen LogP contribution in [0.3, 0.4) is 0 Å². The average molecular weight is 304 g/mol. The molecule has 1 amide bonds. The number of anilines is 1. The van der Waals surface area contributed by atoms with Gasteiger partial charge in [0.1, 0.15) is 12.4 Å². The number of fused-ring (bicyclic) bond motifs is 1. The predicted molar refractivity (Wildman–Crippen MR) is 79.2 cm³/mol. The SMILES string of the molecule is C[C@H]1COc2ccccc2N1C(=O)c1ccc([N+](=O)[O-])s1. The van der Waals surface area contributed by atoms with Gasteiger partial charge < -0.3 is 4.74 Å². The van der Waals surface area contributed by atoms with Gasteiger partial charge in [0.2, 0.25) is 0 Å². The summed E-state index contributed by atoms with van der Waals surface area (Å²) >= 11 is 0.888. The van der Waals surface area contributed by atoms with Gasteiger partial charge in [-0.15, -0.1) is 0 Å². The maximum Gasteiger partial charge on any atom is 0.324 e. The third-order valence-corrected chi connectivity index (χ3v) is 4.27. The summed E-state index contributed by atoms with van der Waals surface area (Å²) in [5.74, 6) is 0.409. The van der Waals surface area contributed by atoms with E-state index in [-0.39, 0.29) is 17.0 Å². The fraction of sp³-hybridized carbons (Fsp3) is 0.214. The van der Waals surface area contributed by atoms with Crippen LogP contribution in [0.4, 0.5) is 10.7 Å². The Bertz CT molecular complexity index is 713. The maximum atomic E-state index is 12.7. The highest BCUT2D eigenvalue weighted by Gasteiger charge is 2.31. The Hall–Kier alpha value is -2.41. The molecule has 1 aliphatic heterocycles. The van der Waals surface area contributed by atoms with Crippen LogP contribution in [0.15, 0.2) is 36.4 Å². The first-order valence-electron chi connectivity index (χ1n) is 6.37. The number of hydrogen-bond donors (Lipinski definition) is 0. The summed E-state index contributed by atoms with van der Waals surface area (Å²) in [6.07, 6.45) is 0. The number of nitro groups is 1. The van der Waals surface area contributed by atoms with Gasteiger partial charge in [0.15, 0.2) is 0 Å². The molecule has 3 rings (SSSR count). The van der Waals surface area contributed by atoms with Crippen molar-refractivity contribution in [3.63, 3.8) is 0 Å². The lowest BCUT2D eigenvalue weighted by Gasteiger charge is -2.34. The molecule has 0 saturated heterocycles. The molecule has 2 heterocycles. The van der Waals surface area contributed by atoms with E-state index >= 15 is 0 Å². The first-order valence-corrected chi connectivity index (χ1v) is 7.19. The molecule has 108 valence electrons. The summed E-state index contributed by atoms with van der Waals surface area (Å²) in [5.41, 5.74) is 0.692. The summed E-state index contributed by atoms with van der Waals surface area (Å²) in [7, 11) is 0. The van der Waals surface area contributed by atoms with Gasteiger partial charge in [-0.1, -0.05) is 23.5 Å². The molecular weight excluding hydrogens is 292 g/mol. The van der Waals surface area contributed by atoms with E-state index in [4.69, 9.17) is 4.74 Å². The van der Waals surface area contributed by atoms with Gasteiger partial charge in [-0.25, -0.2) is 0 Å². The second kappa shape index (κ2) is 5.17. The molecular formula is C14H12N2O4S. The van der Waals surface area contributed by atoms with Crippen LogP contribution < -0.4 is 9.64 Å². The summed E-state index contributed by atoms with van der Waals surface area (Å²) < 4.78 is 5.60. The fourth-order valence-electron chi connectivity index (χ4n) is 2.27. The van der Waals surface area contributed by atoms with Crippen LogP contribution in [-0.2, 0) is 0 Å². The fourth-order valence-corrected chi connectivity index (χ4v) is 3.03. The number of rotatable bonds is 2. The Kier molecular flexibility index (Phi) is 3.34. The van der Waals surface area contributed by atoms with Gasteiger partial charge in [0.05, 0.1) is 21.5 Å². The molecule has 0 bridgehead atoms. The smallest absolute Gasteiger partial charge is 0.324 e. The van der Waals surface area contributed by atoms with Crippen molar-refractivity contribution in [2.24, 2.45) is 0 Å². The number of ether oxygens (including phenoxy) is 1. The Morgan fingerprint density at radius 1 is 1.38 bits per heavy atom. The third kappa shape index (κ3) is 2.36. The lowest BCUT2D eigenvalue weighted by Crippen LogP contribution is -2.44. The van der Waals surface area contributed by atoms with E-state index in [1.165, 1.54) is 12.1 Å². The lowest BCUT2D eigenvalue weighted by molar-refractivity contribution is -0.380. The Morgan fingerprint density at radius 3 is 2.86 bits per heavy atom. The average Bonchev–Trinajstić information content (AvgIpc) is 2.96. The van der Waals surface area contributed by atoms with E-state index in [1.807, 2.05) is 25.1 Å². The van der Waals surface area contributed by atoms with Crippen LogP contribution in [0.25, 0.3) is 0 Å². The molecule has 0 saturated carbocycles. The molecule has 0 radical (unpaired) electrons. The topological polar surface area (TPSA) is 72.7 Å². The van der Waals surface area contributed by atoms with Crippen LogP contribution in [0.2, 0.25) is 0 Å². The Labute approximate surface area is 124 Å². The van der Waals surface area contributed by atoms with Crippen molar-refractivity contribution in [1.29, 1.82) is 0 Å². The highest BCUT2D eigenvalue weighted by Crippen LogP contribution is 2.36. The van der Waals surface area contributed by atoms with Crippen LogP contribution in [0.1, 0.15) is 16.6 Å². The number of carbonyl (C=O) groups excluding carboxylic acids is 1. The number of hydrogen-bond acceptors (Lipinski definition) is 5. The number of nitrogens with zero attached hydrogens (tertiary/aromatic N) is 2. The number of para-hydroxylation sites is 2. The van der Waals surface area contributed by atoms with E-state index in [0.29, 0.717) is 22.9 Å². The highest BCUT2D eigenvalue weighted by atomic mass is 32.1. The van der Waals surface area contributed by atoms with Crippen molar-refractivity contribution in [1.82, 2.24) is 0 Å². The zero-order valence-corrected chi connectivity index (χ0v) is 12.0. The van der Waals surface area contributed by atoms with Crippen LogP contribution >= 0.6 is 11.3 Å². The summed E-state index contributed by atoms with van der Waals surface area (Å²) in [6.45, 7) is 2.28. The largest absolute Gasteiger partial charge is 0.489 e. The molecule has 0 spiro atoms. The number of carbonyl (C=O) groups is 1. The summed E-state index contributed by atoms with van der Waals surface area (Å²) in [4.78, 5) is 24.9. The quantitative estimate of drug-likeness (QED) is 0.631. The lowest BCUT2D eigenvalue weighted by atomic mass is 10.1. The molecule has 21 heavy (non-hydrogen) atoms. The number of amides is 1. The van der Waals surface area contributed by atoms with Crippen molar-refractivity contribution in [3.8, 4) is 5.75 Å². The third-order valence-electron chi connectivity index (χ3n) is 3.25. The zero-order chi connectivity index (χ0) is 15.0. The number of thiophene rings is 1. The monoisotopic (exact) mass is 304 g/mol. The molecule has 7 heteroatoms. The first-order chi connectivity index (χ1) is 10.1. The van der Waals surface area contributed by atoms with E-state index in [1.54, 1.807) is 11.0 Å². The molecule has 0 unspecified atom stereocenters. The van der Waals surface area contributed by atoms with E-state index in [0.717, 1.165) is 11.3 Å². The van der Waals surface area contributed by atoms with E-state index in [9.17, 15) is 14.9 Å². The van der Waals surface area contributed by atoms with Crippen molar-refractivity contribution >= 4 is 27.9 Å². The van der Waals surface area contributed by atoms with Crippen molar-refractivity contribution in [2.75, 3.05) is 11.5 Å². The van der Waals surface area contributed by atoms with E-state index < -0.39 is 4.92 Å². The normalized spacial score (nSPS) is 17.0. The Morgan fingerprint density at radius 2 is 2.14 bits per heavy atom. The minimum absolute atomic E-state index is 0.0347. The van der Waals surface area contributed by atoms with Gasteiger partial charge in [0, 0.05) is 6.07 Å². The van der Waals surface area contributed by atoms with Gasteiger partial charge >= 0.3 is 5.00 Å². The summed E-state index contributed by atoms with van der Waals surface area (Å²) in [5, 5.41) is 10.7. The highest BCUT2D eigenvalue weighted by molar-refractivity contribution is 7.17. The number of benzene rings is 1. The molecule has 1 aliphatic rings. The van der Waals surface area contributed by atoms with Gasteiger partial charge in [-0.3, -0.25) is 19.8 Å². The van der Waals surface area contributed by atoms with Gasteiger partial charge in [-0.2, -0.15) is 0 Å². The summed E-state index contributed by atoms with van der Waals surface area (Å²) in [6, 6.07) is 10.0. The predicted octanol–water partition coefficient (Wildman–Crippen LogP) is 3.08. The van der Waals surface area contributed by atoms with Crippen LogP contribution in [0, 0.1) is 10.1 Å². The van der Waals surface area contributed by atoms with Crippen molar-refractivity contribution in [2.45, 2.75) is 13.0 Å². The standard InChI is InChI=1S/C14H12N2O4S/c1-9-8-20-11-5-3-2-4-10(11)15(9)14(17)12-6-7-13(21-12)16(18)19/h2-7,9H,8H2,1H3/t9-/m0/s1. The van der Waals surface area contributed by atoms with Crippen molar-refractivity contribution in [3.05, 3.63) is 51.4 Å². The molecule has 2 aromatic rings. The zero-order valence-electron chi connectivity index (χ0n) is 11.2. The second-order valence-electron chi connectivity index (χ2n) is 4.70. The maximum absolute atomic E-state index is 12.7. The van der Waals surface area contributed by atoms with E-state index in [2.05, 4.69) is 0 Å². The van der Waals surface area contributed by atoms with Crippen LogP contribution in [-0.4, -0.2) is 23.5 Å². The minimum atomic E-state index is -0.488. The van der Waals surface area contributed by atoms with Crippen molar-refractivity contribution < 1.29 is 14.5 Å². The molecule has 1 aromatic carbocycles. The molecule has 1 aromatic heterocycles. The molecule has 1 atom stereocenters. The van der Waals surface area contributed by atoms with Gasteiger partial charge in [0.25, 0.3) is 5.91 Å². The van der Waals surface area contributed by atoms with Gasteiger partial charge in [-0.05, 0) is 25.1 Å². The first kappa shape index (κ1) is 13.6. The molecule has 0 aliphatic carbocycles. The minimum Gasteiger partial charge on any atom is -0.489 e. The molecule has 6 nitrogen and oxygen atoms in total. The molecule has 0 N–H and O–H groups in total. The second-order valence-corrected chi connectivity index (χ2v) is 5.76. The van der Waals surface area contributed by atoms with Crippen LogP contribution in [0.5, 0.6) is 5.75 Å². The Balaban J connectivity index is 1.98. The molecule has 0 fully saturated rings.